The molecule has 8 heteroatoms. The van der Waals surface area contributed by atoms with Crippen LogP contribution in [0, 0.1) is 0 Å². The molecule has 1 N–H and O–H groups in total. The van der Waals surface area contributed by atoms with Gasteiger partial charge in [-0.1, -0.05) is 5.16 Å². The van der Waals surface area contributed by atoms with E-state index < -0.39 is 23.8 Å². The summed E-state index contributed by atoms with van der Waals surface area (Å²) < 4.78 is 39.3. The van der Waals surface area contributed by atoms with Crippen LogP contribution in [0.25, 0.3) is 0 Å². The summed E-state index contributed by atoms with van der Waals surface area (Å²) >= 11 is 0. The molecule has 1 aromatic heterocycles. The summed E-state index contributed by atoms with van der Waals surface area (Å²) in [7, 11) is 1.24. The van der Waals surface area contributed by atoms with Crippen molar-refractivity contribution in [3.05, 3.63) is 11.7 Å². The van der Waals surface area contributed by atoms with Crippen LogP contribution < -0.4 is 5.32 Å². The number of halogens is 3. The molecule has 1 heterocycles. The number of hydrogen-bond donors (Lipinski definition) is 1. The Morgan fingerprint density at radius 1 is 1.54 bits per heavy atom. The fourth-order valence-corrected chi connectivity index (χ4v) is 0.543. The van der Waals surface area contributed by atoms with Crippen LogP contribution in [0.4, 0.5) is 13.2 Å². The summed E-state index contributed by atoms with van der Waals surface area (Å²) in [5, 5.41) is 4.89. The number of alkyl halides is 3. The van der Waals surface area contributed by atoms with E-state index in [-0.39, 0.29) is 0 Å². The Kier molecular flexibility index (Phi) is 2.22. The average Bonchev–Trinajstić information content (AvgIpc) is 2.50. The third-order valence-corrected chi connectivity index (χ3v) is 1.10. The minimum Gasteiger partial charge on any atom is -0.352 e. The van der Waals surface area contributed by atoms with Crippen molar-refractivity contribution in [3.63, 3.8) is 0 Å². The first kappa shape index (κ1) is 9.49. The van der Waals surface area contributed by atoms with Gasteiger partial charge in [0.25, 0.3) is 11.7 Å². The highest BCUT2D eigenvalue weighted by Crippen LogP contribution is 2.27. The van der Waals surface area contributed by atoms with E-state index >= 15 is 0 Å². The van der Waals surface area contributed by atoms with E-state index in [4.69, 9.17) is 0 Å². The molecular formula is C5H4F3N3O2. The Bertz CT molecular complexity index is 319. The summed E-state index contributed by atoms with van der Waals surface area (Å²) in [5.41, 5.74) is 0. The molecule has 0 aliphatic rings. The molecule has 1 amide bonds. The fourth-order valence-electron chi connectivity index (χ4n) is 0.543. The zero-order valence-electron chi connectivity index (χ0n) is 6.34. The van der Waals surface area contributed by atoms with E-state index in [1.807, 2.05) is 0 Å². The Labute approximate surface area is 69.9 Å². The molecule has 72 valence electrons. The zero-order chi connectivity index (χ0) is 10.1. The molecule has 0 radical (unpaired) electrons. The number of carbonyl (C=O) groups is 1. The van der Waals surface area contributed by atoms with E-state index in [1.54, 1.807) is 0 Å². The van der Waals surface area contributed by atoms with Crippen LogP contribution in [-0.4, -0.2) is 23.1 Å². The zero-order valence-corrected chi connectivity index (χ0v) is 6.34. The first-order valence-corrected chi connectivity index (χ1v) is 3.08. The van der Waals surface area contributed by atoms with Crippen molar-refractivity contribution >= 4 is 5.91 Å². The van der Waals surface area contributed by atoms with Crippen molar-refractivity contribution in [3.8, 4) is 0 Å². The van der Waals surface area contributed by atoms with Gasteiger partial charge < -0.3 is 9.84 Å². The Morgan fingerprint density at radius 3 is 2.54 bits per heavy atom. The molecule has 0 spiro atoms. The molecule has 0 atom stereocenters. The summed E-state index contributed by atoms with van der Waals surface area (Å²) in [6, 6.07) is 0. The molecule has 0 aliphatic carbocycles. The lowest BCUT2D eigenvalue weighted by Gasteiger charge is -1.95. The van der Waals surface area contributed by atoms with Crippen LogP contribution in [0.2, 0.25) is 0 Å². The van der Waals surface area contributed by atoms with E-state index in [9.17, 15) is 18.0 Å². The number of hydrogen-bond acceptors (Lipinski definition) is 4. The van der Waals surface area contributed by atoms with Crippen LogP contribution in [0.15, 0.2) is 4.52 Å². The quantitative estimate of drug-likeness (QED) is 0.706. The molecule has 1 rings (SSSR count). The standard InChI is InChI=1S/C5H4F3N3O2/c1-9-3(12)2-10-4(13-11-2)5(6,7)8/h1H3,(H,9,12). The van der Waals surface area contributed by atoms with Crippen LogP contribution in [0.1, 0.15) is 16.5 Å². The number of rotatable bonds is 1. The molecule has 0 bridgehead atoms. The van der Waals surface area contributed by atoms with Crippen LogP contribution >= 0.6 is 0 Å². The first-order chi connectivity index (χ1) is 5.95. The normalized spacial score (nSPS) is 11.4. The number of amides is 1. The van der Waals surface area contributed by atoms with E-state index in [2.05, 4.69) is 20.0 Å². The maximum Gasteiger partial charge on any atom is 0.471 e. The third kappa shape index (κ3) is 1.95. The Balaban J connectivity index is 2.93. The van der Waals surface area contributed by atoms with Gasteiger partial charge in [0.15, 0.2) is 0 Å². The van der Waals surface area contributed by atoms with Gasteiger partial charge in [-0.25, -0.2) is 0 Å². The van der Waals surface area contributed by atoms with Gasteiger partial charge in [-0.3, -0.25) is 4.79 Å². The maximum absolute atomic E-state index is 11.8. The van der Waals surface area contributed by atoms with Crippen LogP contribution in [-0.2, 0) is 6.18 Å². The maximum atomic E-state index is 11.8. The van der Waals surface area contributed by atoms with Crippen molar-refractivity contribution in [1.82, 2.24) is 15.5 Å². The summed E-state index contributed by atoms with van der Waals surface area (Å²) in [4.78, 5) is 13.5. The number of nitrogens with one attached hydrogen (secondary N) is 1. The van der Waals surface area contributed by atoms with Crippen molar-refractivity contribution in [1.29, 1.82) is 0 Å². The summed E-state index contributed by atoms with van der Waals surface area (Å²) in [5.74, 6) is -3.01. The second-order valence-corrected chi connectivity index (χ2v) is 2.00. The van der Waals surface area contributed by atoms with Gasteiger partial charge in [0, 0.05) is 7.05 Å². The number of nitrogens with zero attached hydrogens (tertiary/aromatic N) is 2. The highest BCUT2D eigenvalue weighted by Gasteiger charge is 2.39. The summed E-state index contributed by atoms with van der Waals surface area (Å²) in [6.45, 7) is 0. The second kappa shape index (κ2) is 3.04. The van der Waals surface area contributed by atoms with Crippen molar-refractivity contribution in [2.75, 3.05) is 7.05 Å². The van der Waals surface area contributed by atoms with Gasteiger partial charge in [-0.2, -0.15) is 18.2 Å². The molecule has 0 saturated heterocycles. The molecule has 1 aromatic rings. The van der Waals surface area contributed by atoms with E-state index in [0.717, 1.165) is 0 Å². The molecular weight excluding hydrogens is 191 g/mol. The number of aromatic nitrogens is 2. The van der Waals surface area contributed by atoms with Gasteiger partial charge in [0.05, 0.1) is 0 Å². The fraction of sp³-hybridized carbons (Fsp3) is 0.400. The monoisotopic (exact) mass is 195 g/mol. The summed E-state index contributed by atoms with van der Waals surface area (Å²) in [6.07, 6.45) is -4.72. The highest BCUT2D eigenvalue weighted by molar-refractivity contribution is 5.89. The van der Waals surface area contributed by atoms with Crippen LogP contribution in [0.3, 0.4) is 0 Å². The predicted octanol–water partition coefficient (Wildman–Crippen LogP) is 0.448. The first-order valence-electron chi connectivity index (χ1n) is 3.08. The van der Waals surface area contributed by atoms with E-state index in [0.29, 0.717) is 0 Å². The molecule has 5 nitrogen and oxygen atoms in total. The lowest BCUT2D eigenvalue weighted by Crippen LogP contribution is -2.19. The van der Waals surface area contributed by atoms with Crippen LogP contribution in [0.5, 0.6) is 0 Å². The molecule has 13 heavy (non-hydrogen) atoms. The minimum absolute atomic E-state index is 0.644. The molecule has 0 saturated carbocycles. The topological polar surface area (TPSA) is 68.0 Å². The minimum atomic E-state index is -4.72. The smallest absolute Gasteiger partial charge is 0.352 e. The van der Waals surface area contributed by atoms with Gasteiger partial charge in [-0.05, 0) is 0 Å². The Hall–Kier alpha value is -1.60. The molecule has 0 aliphatic heterocycles. The average molecular weight is 195 g/mol. The molecule has 0 fully saturated rings. The largest absolute Gasteiger partial charge is 0.471 e. The van der Waals surface area contributed by atoms with Crippen molar-refractivity contribution < 1.29 is 22.5 Å². The third-order valence-electron chi connectivity index (χ3n) is 1.10. The van der Waals surface area contributed by atoms with Crippen molar-refractivity contribution in [2.45, 2.75) is 6.18 Å². The highest BCUT2D eigenvalue weighted by atomic mass is 19.4. The predicted molar refractivity (Wildman–Crippen MR) is 32.7 cm³/mol. The second-order valence-electron chi connectivity index (χ2n) is 2.00. The lowest BCUT2D eigenvalue weighted by atomic mass is 10.5. The number of carbonyl (C=O) groups excluding carboxylic acids is 1. The van der Waals surface area contributed by atoms with Crippen molar-refractivity contribution in [2.24, 2.45) is 0 Å². The van der Waals surface area contributed by atoms with E-state index in [1.165, 1.54) is 7.05 Å². The lowest BCUT2D eigenvalue weighted by molar-refractivity contribution is -0.159. The van der Waals surface area contributed by atoms with Gasteiger partial charge in [0.1, 0.15) is 0 Å². The molecule has 0 unspecified atom stereocenters. The van der Waals surface area contributed by atoms with Gasteiger partial charge in [-0.15, -0.1) is 0 Å². The van der Waals surface area contributed by atoms with Gasteiger partial charge in [0.2, 0.25) is 0 Å². The molecule has 0 aromatic carbocycles. The van der Waals surface area contributed by atoms with Gasteiger partial charge >= 0.3 is 12.1 Å². The Morgan fingerprint density at radius 2 is 2.15 bits per heavy atom. The SMILES string of the molecule is CNC(=O)c1noc(C(F)(F)F)n1.